The number of hydrogen-bond acceptors (Lipinski definition) is 5. The Morgan fingerprint density at radius 1 is 1.69 bits per heavy atom. The van der Waals surface area contributed by atoms with Gasteiger partial charge in [-0.25, -0.2) is 4.98 Å². The van der Waals surface area contributed by atoms with E-state index < -0.39 is 0 Å². The zero-order valence-electron chi connectivity index (χ0n) is 9.15. The first kappa shape index (κ1) is 11.4. The molecule has 0 aromatic carbocycles. The quantitative estimate of drug-likeness (QED) is 0.832. The van der Waals surface area contributed by atoms with Crippen molar-refractivity contribution in [3.63, 3.8) is 0 Å². The van der Waals surface area contributed by atoms with Crippen LogP contribution >= 0.6 is 11.6 Å². The summed E-state index contributed by atoms with van der Waals surface area (Å²) < 4.78 is 0. The minimum Gasteiger partial charge on any atom is -0.394 e. The van der Waals surface area contributed by atoms with Crippen LogP contribution in [-0.2, 0) is 0 Å². The molecule has 1 fully saturated rings. The molecule has 1 saturated heterocycles. The first-order chi connectivity index (χ1) is 7.76. The number of rotatable bonds is 3. The number of aliphatic hydroxyl groups excluding tert-OH is 1. The summed E-state index contributed by atoms with van der Waals surface area (Å²) >= 11 is 6.08. The Kier molecular flexibility index (Phi) is 3.46. The van der Waals surface area contributed by atoms with Gasteiger partial charge in [-0.2, -0.15) is 4.98 Å². The van der Waals surface area contributed by atoms with Crippen LogP contribution < -0.4 is 10.2 Å². The summed E-state index contributed by atoms with van der Waals surface area (Å²) in [6.45, 7) is 1.01. The van der Waals surface area contributed by atoms with E-state index in [9.17, 15) is 5.11 Å². The molecule has 0 aliphatic carbocycles. The molecule has 0 saturated carbocycles. The normalized spacial score (nSPS) is 20.2. The highest BCUT2D eigenvalue weighted by molar-refractivity contribution is 6.32. The van der Waals surface area contributed by atoms with Gasteiger partial charge in [0.1, 0.15) is 5.02 Å². The van der Waals surface area contributed by atoms with Crippen molar-refractivity contribution in [2.75, 3.05) is 30.4 Å². The van der Waals surface area contributed by atoms with Crippen LogP contribution in [0.2, 0.25) is 5.02 Å². The number of hydrogen-bond donors (Lipinski definition) is 2. The summed E-state index contributed by atoms with van der Waals surface area (Å²) in [5, 5.41) is 12.7. The highest BCUT2D eigenvalue weighted by Crippen LogP contribution is 2.30. The molecule has 0 bridgehead atoms. The molecule has 0 radical (unpaired) electrons. The largest absolute Gasteiger partial charge is 0.394 e. The maximum atomic E-state index is 9.27. The van der Waals surface area contributed by atoms with Gasteiger partial charge in [-0.15, -0.1) is 0 Å². The monoisotopic (exact) mass is 242 g/mol. The Labute approximate surface area is 99.5 Å². The molecule has 16 heavy (non-hydrogen) atoms. The van der Waals surface area contributed by atoms with Crippen LogP contribution in [0.4, 0.5) is 11.8 Å². The summed E-state index contributed by atoms with van der Waals surface area (Å²) in [4.78, 5) is 10.4. The van der Waals surface area contributed by atoms with Crippen LogP contribution in [-0.4, -0.2) is 41.3 Å². The zero-order valence-corrected chi connectivity index (χ0v) is 9.91. The van der Waals surface area contributed by atoms with Crippen LogP contribution in [0.15, 0.2) is 6.20 Å². The van der Waals surface area contributed by atoms with Crippen LogP contribution in [0.25, 0.3) is 0 Å². The number of anilines is 2. The van der Waals surface area contributed by atoms with Gasteiger partial charge in [0.25, 0.3) is 0 Å². The number of nitrogens with one attached hydrogen (secondary N) is 1. The van der Waals surface area contributed by atoms with Crippen molar-refractivity contribution < 1.29 is 5.11 Å². The lowest BCUT2D eigenvalue weighted by atomic mass is 10.2. The first-order valence-electron chi connectivity index (χ1n) is 5.34. The van der Waals surface area contributed by atoms with Gasteiger partial charge in [-0.1, -0.05) is 11.6 Å². The van der Waals surface area contributed by atoms with E-state index in [-0.39, 0.29) is 12.6 Å². The summed E-state index contributed by atoms with van der Waals surface area (Å²) in [5.74, 6) is 1.25. The van der Waals surface area contributed by atoms with Crippen LogP contribution in [0.5, 0.6) is 0 Å². The number of nitrogens with zero attached hydrogens (tertiary/aromatic N) is 3. The number of halogens is 1. The van der Waals surface area contributed by atoms with Crippen LogP contribution in [0.1, 0.15) is 12.8 Å². The molecule has 1 unspecified atom stereocenters. The molecule has 1 aliphatic heterocycles. The zero-order chi connectivity index (χ0) is 11.5. The summed E-state index contributed by atoms with van der Waals surface area (Å²) in [5.41, 5.74) is 0. The third-order valence-corrected chi connectivity index (χ3v) is 3.08. The van der Waals surface area contributed by atoms with Crippen molar-refractivity contribution in [3.8, 4) is 0 Å². The molecular weight excluding hydrogens is 228 g/mol. The second-order valence-electron chi connectivity index (χ2n) is 3.79. The molecule has 2 heterocycles. The maximum absolute atomic E-state index is 9.27. The molecule has 5 nitrogen and oxygen atoms in total. The molecule has 1 aromatic heterocycles. The first-order valence-corrected chi connectivity index (χ1v) is 5.72. The fourth-order valence-electron chi connectivity index (χ4n) is 1.98. The van der Waals surface area contributed by atoms with Crippen molar-refractivity contribution in [2.45, 2.75) is 18.9 Å². The van der Waals surface area contributed by atoms with Gasteiger partial charge in [0, 0.05) is 13.6 Å². The van der Waals surface area contributed by atoms with Crippen molar-refractivity contribution in [3.05, 3.63) is 11.2 Å². The van der Waals surface area contributed by atoms with Gasteiger partial charge >= 0.3 is 0 Å². The third kappa shape index (κ3) is 2.05. The highest BCUT2D eigenvalue weighted by atomic mass is 35.5. The molecule has 1 aliphatic rings. The second kappa shape index (κ2) is 4.84. The van der Waals surface area contributed by atoms with E-state index in [1.807, 2.05) is 4.90 Å². The second-order valence-corrected chi connectivity index (χ2v) is 4.19. The van der Waals surface area contributed by atoms with E-state index in [0.717, 1.165) is 19.4 Å². The standard InChI is InChI=1S/C10H15ClN4O/c1-12-10-13-5-8(11)9(14-10)15-4-2-3-7(15)6-16/h5,7,16H,2-4,6H2,1H3,(H,12,13,14). The van der Waals surface area contributed by atoms with Gasteiger partial charge < -0.3 is 15.3 Å². The van der Waals surface area contributed by atoms with Gasteiger partial charge in [-0.3, -0.25) is 0 Å². The maximum Gasteiger partial charge on any atom is 0.224 e. The molecule has 2 rings (SSSR count). The molecule has 2 N–H and O–H groups in total. The molecular formula is C10H15ClN4O. The fraction of sp³-hybridized carbons (Fsp3) is 0.600. The van der Waals surface area contributed by atoms with Crippen LogP contribution in [0, 0.1) is 0 Å². The van der Waals surface area contributed by atoms with Gasteiger partial charge in [0.05, 0.1) is 18.8 Å². The van der Waals surface area contributed by atoms with Crippen molar-refractivity contribution in [2.24, 2.45) is 0 Å². The topological polar surface area (TPSA) is 61.3 Å². The van der Waals surface area contributed by atoms with Crippen molar-refractivity contribution in [1.29, 1.82) is 0 Å². The number of aromatic nitrogens is 2. The van der Waals surface area contributed by atoms with Crippen LogP contribution in [0.3, 0.4) is 0 Å². The van der Waals surface area contributed by atoms with Crippen molar-refractivity contribution >= 4 is 23.4 Å². The highest BCUT2D eigenvalue weighted by Gasteiger charge is 2.26. The Balaban J connectivity index is 2.31. The summed E-state index contributed by atoms with van der Waals surface area (Å²) in [7, 11) is 1.76. The number of aliphatic hydroxyl groups is 1. The third-order valence-electron chi connectivity index (χ3n) is 2.81. The molecule has 6 heteroatoms. The fourth-order valence-corrected chi connectivity index (χ4v) is 2.18. The summed E-state index contributed by atoms with van der Waals surface area (Å²) in [6, 6.07) is 0.122. The minimum absolute atomic E-state index is 0.122. The van der Waals surface area contributed by atoms with E-state index in [0.29, 0.717) is 16.8 Å². The van der Waals surface area contributed by atoms with Gasteiger partial charge in [0.15, 0.2) is 5.82 Å². The smallest absolute Gasteiger partial charge is 0.224 e. The van der Waals surface area contributed by atoms with E-state index in [1.165, 1.54) is 0 Å². The molecule has 88 valence electrons. The predicted octanol–water partition coefficient (Wildman–Crippen LogP) is 1.13. The van der Waals surface area contributed by atoms with E-state index >= 15 is 0 Å². The minimum atomic E-state index is 0.122. The van der Waals surface area contributed by atoms with E-state index in [2.05, 4.69) is 15.3 Å². The molecule has 0 spiro atoms. The average Bonchev–Trinajstić information content (AvgIpc) is 2.77. The Morgan fingerprint density at radius 2 is 2.50 bits per heavy atom. The SMILES string of the molecule is CNc1ncc(Cl)c(N2CCCC2CO)n1. The summed E-state index contributed by atoms with van der Waals surface area (Å²) in [6.07, 6.45) is 3.62. The van der Waals surface area contributed by atoms with Crippen molar-refractivity contribution in [1.82, 2.24) is 9.97 Å². The molecule has 1 atom stereocenters. The van der Waals surface area contributed by atoms with Gasteiger partial charge in [0.2, 0.25) is 5.95 Å². The average molecular weight is 243 g/mol. The predicted molar refractivity (Wildman–Crippen MR) is 64.0 cm³/mol. The Hall–Kier alpha value is -1.07. The van der Waals surface area contributed by atoms with E-state index in [1.54, 1.807) is 13.2 Å². The lowest BCUT2D eigenvalue weighted by Gasteiger charge is -2.24. The Bertz CT molecular complexity index is 374. The Morgan fingerprint density at radius 3 is 3.19 bits per heavy atom. The lowest BCUT2D eigenvalue weighted by molar-refractivity contribution is 0.266. The molecule has 0 amide bonds. The molecule has 1 aromatic rings. The van der Waals surface area contributed by atoms with E-state index in [4.69, 9.17) is 11.6 Å². The van der Waals surface area contributed by atoms with Gasteiger partial charge in [-0.05, 0) is 12.8 Å². The lowest BCUT2D eigenvalue weighted by Crippen LogP contribution is -2.33.